The zero-order valence-electron chi connectivity index (χ0n) is 12.2. The molecule has 0 radical (unpaired) electrons. The van der Waals surface area contributed by atoms with E-state index in [4.69, 9.17) is 4.74 Å². The Balaban J connectivity index is 0.00000176. The molecule has 114 valence electrons. The lowest BCUT2D eigenvalue weighted by Crippen LogP contribution is -2.08. The van der Waals surface area contributed by atoms with Gasteiger partial charge in [0.15, 0.2) is 5.76 Å². The van der Waals surface area contributed by atoms with Gasteiger partial charge in [0.2, 0.25) is 0 Å². The van der Waals surface area contributed by atoms with Crippen molar-refractivity contribution >= 4 is 54.8 Å². The van der Waals surface area contributed by atoms with E-state index in [2.05, 4.69) is 15.9 Å². The highest BCUT2D eigenvalue weighted by molar-refractivity contribution is 9.15. The number of hydrogen-bond acceptors (Lipinski definition) is 3. The number of anilines is 1. The summed E-state index contributed by atoms with van der Waals surface area (Å²) in [5.74, 6) is 0.274. The predicted octanol–water partition coefficient (Wildman–Crippen LogP) is 4.72. The van der Waals surface area contributed by atoms with Crippen LogP contribution in [0.25, 0.3) is 10.2 Å². The van der Waals surface area contributed by atoms with E-state index < -0.39 is 0 Å². The van der Waals surface area contributed by atoms with Crippen molar-refractivity contribution in [3.63, 3.8) is 0 Å². The first kappa shape index (κ1) is 16.8. The van der Waals surface area contributed by atoms with Crippen LogP contribution in [0.4, 0.5) is 5.69 Å². The fourth-order valence-electron chi connectivity index (χ4n) is 2.26. The van der Waals surface area contributed by atoms with Gasteiger partial charge in [-0.15, -0.1) is 17.0 Å². The first-order chi connectivity index (χ1) is 10.1. The second-order valence-electron chi connectivity index (χ2n) is 5.02. The van der Waals surface area contributed by atoms with Crippen LogP contribution < -0.4 is 4.90 Å². The maximum atomic E-state index is 11.9. The number of esters is 1. The van der Waals surface area contributed by atoms with Crippen molar-refractivity contribution in [1.29, 1.82) is 0 Å². The lowest BCUT2D eigenvalue weighted by atomic mass is 10.1. The van der Waals surface area contributed by atoms with Crippen LogP contribution >= 0.6 is 32.9 Å². The summed E-state index contributed by atoms with van der Waals surface area (Å²) in [4.78, 5) is 13.9. The quantitative estimate of drug-likeness (QED) is 0.653. The minimum Gasteiger partial charge on any atom is -0.421 e. The minimum atomic E-state index is -0.303. The van der Waals surface area contributed by atoms with Gasteiger partial charge >= 0.3 is 5.97 Å². The van der Waals surface area contributed by atoms with E-state index in [1.807, 2.05) is 61.5 Å². The molecule has 1 aliphatic heterocycles. The monoisotopic (exact) mass is 423 g/mol. The molecule has 22 heavy (non-hydrogen) atoms. The van der Waals surface area contributed by atoms with Crippen molar-refractivity contribution in [3.8, 4) is 0 Å². The van der Waals surface area contributed by atoms with Crippen molar-refractivity contribution in [2.45, 2.75) is 0 Å². The summed E-state index contributed by atoms with van der Waals surface area (Å²) >= 11 is 3.56. The highest BCUT2D eigenvalue weighted by atomic mass is 79.9. The van der Waals surface area contributed by atoms with Crippen LogP contribution in [0.5, 0.6) is 0 Å². The highest BCUT2D eigenvalue weighted by Crippen LogP contribution is 2.38. The van der Waals surface area contributed by atoms with Gasteiger partial charge in [0.05, 0.1) is 10.0 Å². The third-order valence-corrected chi connectivity index (χ3v) is 4.24. The third-order valence-electron chi connectivity index (χ3n) is 3.42. The Labute approximate surface area is 148 Å². The zero-order valence-corrected chi connectivity index (χ0v) is 15.5. The molecule has 5 heteroatoms. The largest absolute Gasteiger partial charge is 0.421 e. The van der Waals surface area contributed by atoms with Crippen LogP contribution in [0.15, 0.2) is 48.5 Å². The average molecular weight is 425 g/mol. The van der Waals surface area contributed by atoms with Crippen LogP contribution in [0.3, 0.4) is 0 Å². The van der Waals surface area contributed by atoms with Crippen molar-refractivity contribution in [1.82, 2.24) is 0 Å². The molecule has 0 saturated heterocycles. The summed E-state index contributed by atoms with van der Waals surface area (Å²) < 4.78 is 6.19. The molecule has 3 nitrogen and oxygen atoms in total. The first-order valence-electron chi connectivity index (χ1n) is 6.57. The number of carbonyl (C=O) groups excluding carboxylic acids is 1. The number of carbonyl (C=O) groups is 1. The molecule has 0 fully saturated rings. The molecule has 0 aromatic heterocycles. The first-order valence-corrected chi connectivity index (χ1v) is 7.36. The Kier molecular flexibility index (Phi) is 5.08. The number of cyclic esters (lactones) is 1. The van der Waals surface area contributed by atoms with Gasteiger partial charge in [-0.2, -0.15) is 0 Å². The summed E-state index contributed by atoms with van der Waals surface area (Å²) in [6.45, 7) is 0. The van der Waals surface area contributed by atoms with Crippen LogP contribution in [0, 0.1) is 0 Å². The number of hydrogen-bond donors (Lipinski definition) is 0. The van der Waals surface area contributed by atoms with E-state index >= 15 is 0 Å². The van der Waals surface area contributed by atoms with Gasteiger partial charge in [0, 0.05) is 25.3 Å². The predicted molar refractivity (Wildman–Crippen MR) is 98.7 cm³/mol. The molecule has 0 N–H and O–H groups in total. The molecule has 1 heterocycles. The normalized spacial score (nSPS) is 14.8. The number of nitrogens with zero attached hydrogens (tertiary/aromatic N) is 1. The smallest absolute Gasteiger partial charge is 0.344 e. The number of halogens is 2. The topological polar surface area (TPSA) is 29.5 Å². The van der Waals surface area contributed by atoms with Gasteiger partial charge in [0.1, 0.15) is 0 Å². The van der Waals surface area contributed by atoms with Crippen molar-refractivity contribution in [2.75, 3.05) is 19.0 Å². The summed E-state index contributed by atoms with van der Waals surface area (Å²) in [5.41, 5.74) is 3.52. The van der Waals surface area contributed by atoms with Crippen molar-refractivity contribution < 1.29 is 9.53 Å². The Morgan fingerprint density at radius 1 is 1.00 bits per heavy atom. The van der Waals surface area contributed by atoms with Gasteiger partial charge in [0.25, 0.3) is 0 Å². The van der Waals surface area contributed by atoms with Gasteiger partial charge < -0.3 is 9.64 Å². The zero-order chi connectivity index (χ0) is 15.0. The molecule has 0 saturated carbocycles. The molecule has 3 rings (SSSR count). The standard InChI is InChI=1S/C17H14BrNO2.BrH/c1-19(2)12-9-7-11(8-10-12)15(18)16-13-5-3-4-6-14(13)17(20)21-16;/h3-10H,1-2H3;1H/b16-15-;. The fraction of sp³-hybridized carbons (Fsp3) is 0.118. The summed E-state index contributed by atoms with van der Waals surface area (Å²) in [5, 5.41) is 0. The molecular weight excluding hydrogens is 410 g/mol. The average Bonchev–Trinajstić information content (AvgIpc) is 2.84. The van der Waals surface area contributed by atoms with Crippen LogP contribution in [-0.4, -0.2) is 20.1 Å². The highest BCUT2D eigenvalue weighted by Gasteiger charge is 2.28. The summed E-state index contributed by atoms with van der Waals surface area (Å²) in [7, 11) is 4.00. The van der Waals surface area contributed by atoms with Gasteiger partial charge in [-0.25, -0.2) is 4.79 Å². The molecule has 0 atom stereocenters. The fourth-order valence-corrected chi connectivity index (χ4v) is 2.82. The molecule has 2 aromatic rings. The second-order valence-corrected chi connectivity index (χ2v) is 5.81. The molecule has 2 aromatic carbocycles. The van der Waals surface area contributed by atoms with Crippen molar-refractivity contribution in [2.24, 2.45) is 0 Å². The minimum absolute atomic E-state index is 0. The summed E-state index contributed by atoms with van der Waals surface area (Å²) in [6.07, 6.45) is 0. The number of benzene rings is 2. The maximum Gasteiger partial charge on any atom is 0.344 e. The number of ether oxygens (including phenoxy) is 1. The summed E-state index contributed by atoms with van der Waals surface area (Å²) in [6, 6.07) is 15.5. The van der Waals surface area contributed by atoms with E-state index in [1.165, 1.54) is 0 Å². The Morgan fingerprint density at radius 3 is 2.18 bits per heavy atom. The molecule has 0 amide bonds. The van der Waals surface area contributed by atoms with E-state index in [9.17, 15) is 4.79 Å². The molecule has 0 aliphatic carbocycles. The van der Waals surface area contributed by atoms with E-state index in [0.29, 0.717) is 11.3 Å². The van der Waals surface area contributed by atoms with E-state index in [1.54, 1.807) is 6.07 Å². The second kappa shape index (κ2) is 6.67. The SMILES string of the molecule is Br.CN(C)c1ccc(/C(Br)=C2/OC(=O)c3ccccc32)cc1. The van der Waals surface area contributed by atoms with Crippen LogP contribution in [-0.2, 0) is 4.74 Å². The van der Waals surface area contributed by atoms with Gasteiger partial charge in [-0.05, 0) is 39.7 Å². The lowest BCUT2D eigenvalue weighted by molar-refractivity contribution is 0.0717. The van der Waals surface area contributed by atoms with Gasteiger partial charge in [-0.3, -0.25) is 0 Å². The van der Waals surface area contributed by atoms with Crippen molar-refractivity contribution in [3.05, 3.63) is 65.2 Å². The molecular formula is C17H15Br2NO2. The Hall–Kier alpha value is -1.59. The molecule has 0 bridgehead atoms. The van der Waals surface area contributed by atoms with E-state index in [0.717, 1.165) is 21.3 Å². The maximum absolute atomic E-state index is 11.9. The third kappa shape index (κ3) is 2.96. The van der Waals surface area contributed by atoms with E-state index in [-0.39, 0.29) is 23.0 Å². The number of fused-ring (bicyclic) bond motifs is 1. The molecule has 0 spiro atoms. The van der Waals surface area contributed by atoms with Crippen LogP contribution in [0.2, 0.25) is 0 Å². The number of rotatable bonds is 2. The Morgan fingerprint density at radius 2 is 1.59 bits per heavy atom. The lowest BCUT2D eigenvalue weighted by Gasteiger charge is -2.13. The molecule has 0 unspecified atom stereocenters. The van der Waals surface area contributed by atoms with Crippen LogP contribution in [0.1, 0.15) is 21.5 Å². The van der Waals surface area contributed by atoms with Gasteiger partial charge in [-0.1, -0.05) is 30.3 Å². The Bertz CT molecular complexity index is 737. The molecule has 1 aliphatic rings.